The lowest BCUT2D eigenvalue weighted by molar-refractivity contribution is 0.0531. The molecule has 0 radical (unpaired) electrons. The number of rotatable bonds is 3. The van der Waals surface area contributed by atoms with E-state index in [1.807, 2.05) is 6.92 Å². The van der Waals surface area contributed by atoms with Crippen LogP contribution >= 0.6 is 0 Å². The third-order valence-electron chi connectivity index (χ3n) is 1.55. The molecule has 0 fully saturated rings. The SMILES string of the molecule is CCc1nc(C(=O)NOC)c(C)o1. The molecule has 72 valence electrons. The Hall–Kier alpha value is -1.36. The second-order valence-electron chi connectivity index (χ2n) is 2.50. The van der Waals surface area contributed by atoms with Gasteiger partial charge in [0.2, 0.25) is 0 Å². The summed E-state index contributed by atoms with van der Waals surface area (Å²) in [7, 11) is 1.37. The van der Waals surface area contributed by atoms with Gasteiger partial charge in [-0.05, 0) is 6.92 Å². The van der Waals surface area contributed by atoms with Crippen molar-refractivity contribution >= 4 is 5.91 Å². The van der Waals surface area contributed by atoms with E-state index in [9.17, 15) is 4.79 Å². The highest BCUT2D eigenvalue weighted by Crippen LogP contribution is 2.09. The monoisotopic (exact) mass is 184 g/mol. The van der Waals surface area contributed by atoms with Crippen molar-refractivity contribution < 1.29 is 14.0 Å². The lowest BCUT2D eigenvalue weighted by atomic mass is 10.3. The number of carbonyl (C=O) groups is 1. The van der Waals surface area contributed by atoms with Crippen molar-refractivity contribution in [3.63, 3.8) is 0 Å². The zero-order valence-corrected chi connectivity index (χ0v) is 7.88. The molecule has 0 unspecified atom stereocenters. The fourth-order valence-corrected chi connectivity index (χ4v) is 0.954. The maximum Gasteiger partial charge on any atom is 0.297 e. The summed E-state index contributed by atoms with van der Waals surface area (Å²) in [5.41, 5.74) is 2.46. The van der Waals surface area contributed by atoms with Crippen LogP contribution in [0, 0.1) is 6.92 Å². The van der Waals surface area contributed by atoms with Gasteiger partial charge in [0.1, 0.15) is 5.76 Å². The van der Waals surface area contributed by atoms with Crippen molar-refractivity contribution in [3.8, 4) is 0 Å². The number of carbonyl (C=O) groups excluding carboxylic acids is 1. The Kier molecular flexibility index (Phi) is 3.02. The number of hydrogen-bond acceptors (Lipinski definition) is 4. The third-order valence-corrected chi connectivity index (χ3v) is 1.55. The largest absolute Gasteiger partial charge is 0.445 e. The third kappa shape index (κ3) is 2.06. The number of aromatic nitrogens is 1. The molecule has 0 saturated heterocycles. The van der Waals surface area contributed by atoms with Crippen LogP contribution in [0.25, 0.3) is 0 Å². The Morgan fingerprint density at radius 3 is 2.85 bits per heavy atom. The molecule has 1 N–H and O–H groups in total. The molecule has 0 saturated carbocycles. The molecule has 13 heavy (non-hydrogen) atoms. The highest BCUT2D eigenvalue weighted by molar-refractivity contribution is 5.92. The van der Waals surface area contributed by atoms with Crippen LogP contribution < -0.4 is 5.48 Å². The van der Waals surface area contributed by atoms with Gasteiger partial charge in [-0.2, -0.15) is 0 Å². The average Bonchev–Trinajstić information content (AvgIpc) is 2.47. The summed E-state index contributed by atoms with van der Waals surface area (Å²) < 4.78 is 5.20. The molecule has 0 aliphatic rings. The molecule has 1 aromatic heterocycles. The molecular weight excluding hydrogens is 172 g/mol. The van der Waals surface area contributed by atoms with E-state index < -0.39 is 0 Å². The Morgan fingerprint density at radius 1 is 1.69 bits per heavy atom. The van der Waals surface area contributed by atoms with Crippen LogP contribution in [-0.4, -0.2) is 18.0 Å². The van der Waals surface area contributed by atoms with Crippen molar-refractivity contribution in [2.75, 3.05) is 7.11 Å². The topological polar surface area (TPSA) is 64.4 Å². The number of hydroxylamine groups is 1. The van der Waals surface area contributed by atoms with E-state index in [1.54, 1.807) is 6.92 Å². The van der Waals surface area contributed by atoms with Crippen LogP contribution in [0.5, 0.6) is 0 Å². The molecular formula is C8H12N2O3. The van der Waals surface area contributed by atoms with Crippen molar-refractivity contribution in [2.45, 2.75) is 20.3 Å². The van der Waals surface area contributed by atoms with Crippen LogP contribution in [0.3, 0.4) is 0 Å². The molecule has 1 amide bonds. The number of amides is 1. The van der Waals surface area contributed by atoms with E-state index in [1.165, 1.54) is 7.11 Å². The van der Waals surface area contributed by atoms with Crippen LogP contribution in [-0.2, 0) is 11.3 Å². The molecule has 1 aromatic rings. The standard InChI is InChI=1S/C8H12N2O3/c1-4-6-9-7(5(2)13-6)8(11)10-12-3/h4H2,1-3H3,(H,10,11). The fraction of sp³-hybridized carbons (Fsp3) is 0.500. The quantitative estimate of drug-likeness (QED) is 0.707. The minimum atomic E-state index is -0.386. The summed E-state index contributed by atoms with van der Waals surface area (Å²) in [5, 5.41) is 0. The number of nitrogens with one attached hydrogen (secondary N) is 1. The van der Waals surface area contributed by atoms with Crippen molar-refractivity contribution in [2.24, 2.45) is 0 Å². The molecule has 0 aromatic carbocycles. The van der Waals surface area contributed by atoms with Gasteiger partial charge in [-0.1, -0.05) is 6.92 Å². The van der Waals surface area contributed by atoms with Crippen molar-refractivity contribution in [1.82, 2.24) is 10.5 Å². The summed E-state index contributed by atoms with van der Waals surface area (Å²) in [6, 6.07) is 0. The summed E-state index contributed by atoms with van der Waals surface area (Å²) >= 11 is 0. The first kappa shape index (κ1) is 9.73. The van der Waals surface area contributed by atoms with E-state index in [4.69, 9.17) is 4.42 Å². The van der Waals surface area contributed by atoms with Crippen molar-refractivity contribution in [3.05, 3.63) is 17.3 Å². The zero-order chi connectivity index (χ0) is 9.84. The zero-order valence-electron chi connectivity index (χ0n) is 7.88. The minimum Gasteiger partial charge on any atom is -0.445 e. The Balaban J connectivity index is 2.87. The van der Waals surface area contributed by atoms with Crippen LogP contribution in [0.2, 0.25) is 0 Å². The summed E-state index contributed by atoms with van der Waals surface area (Å²) in [5.74, 6) is 0.675. The number of aryl methyl sites for hydroxylation is 2. The first-order valence-corrected chi connectivity index (χ1v) is 3.98. The van der Waals surface area contributed by atoms with E-state index in [0.717, 1.165) is 0 Å². The number of nitrogens with zero attached hydrogens (tertiary/aromatic N) is 1. The lowest BCUT2D eigenvalue weighted by Gasteiger charge is -1.96. The van der Waals surface area contributed by atoms with Crippen molar-refractivity contribution in [1.29, 1.82) is 0 Å². The first-order chi connectivity index (χ1) is 6.19. The van der Waals surface area contributed by atoms with Gasteiger partial charge >= 0.3 is 0 Å². The lowest BCUT2D eigenvalue weighted by Crippen LogP contribution is -2.22. The van der Waals surface area contributed by atoms with Crippen LogP contribution in [0.1, 0.15) is 29.1 Å². The highest BCUT2D eigenvalue weighted by Gasteiger charge is 2.15. The fourth-order valence-electron chi connectivity index (χ4n) is 0.954. The molecule has 0 atom stereocenters. The molecule has 0 spiro atoms. The Labute approximate surface area is 76.0 Å². The predicted octanol–water partition coefficient (Wildman–Crippen LogP) is 0.837. The normalized spacial score (nSPS) is 10.1. The molecule has 0 bridgehead atoms. The molecule has 5 nitrogen and oxygen atoms in total. The smallest absolute Gasteiger partial charge is 0.297 e. The molecule has 1 heterocycles. The van der Waals surface area contributed by atoms with Gasteiger partial charge in [0, 0.05) is 6.42 Å². The maximum atomic E-state index is 11.2. The van der Waals surface area contributed by atoms with E-state index >= 15 is 0 Å². The number of hydrogen-bond donors (Lipinski definition) is 1. The van der Waals surface area contributed by atoms with Gasteiger partial charge in [0.25, 0.3) is 5.91 Å². The van der Waals surface area contributed by atoms with Gasteiger partial charge in [-0.15, -0.1) is 0 Å². The molecule has 0 aliphatic carbocycles. The maximum absolute atomic E-state index is 11.2. The second kappa shape index (κ2) is 4.04. The van der Waals surface area contributed by atoms with E-state index in [0.29, 0.717) is 18.1 Å². The van der Waals surface area contributed by atoms with Gasteiger partial charge < -0.3 is 4.42 Å². The predicted molar refractivity (Wildman–Crippen MR) is 45.1 cm³/mol. The van der Waals surface area contributed by atoms with Crippen LogP contribution in [0.4, 0.5) is 0 Å². The summed E-state index contributed by atoms with van der Waals surface area (Å²) in [6.45, 7) is 3.60. The Bertz CT molecular complexity index is 306. The van der Waals surface area contributed by atoms with E-state index in [-0.39, 0.29) is 11.6 Å². The van der Waals surface area contributed by atoms with Gasteiger partial charge in [0.15, 0.2) is 11.6 Å². The summed E-state index contributed by atoms with van der Waals surface area (Å²) in [6.07, 6.45) is 0.668. The minimum absolute atomic E-state index is 0.277. The van der Waals surface area contributed by atoms with Gasteiger partial charge in [0.05, 0.1) is 7.11 Å². The average molecular weight is 184 g/mol. The van der Waals surface area contributed by atoms with E-state index in [2.05, 4.69) is 15.3 Å². The molecule has 5 heteroatoms. The van der Waals surface area contributed by atoms with Gasteiger partial charge in [-0.3, -0.25) is 9.63 Å². The second-order valence-corrected chi connectivity index (χ2v) is 2.50. The molecule has 0 aliphatic heterocycles. The van der Waals surface area contributed by atoms with Crippen LogP contribution in [0.15, 0.2) is 4.42 Å². The number of oxazole rings is 1. The first-order valence-electron chi connectivity index (χ1n) is 3.98. The Morgan fingerprint density at radius 2 is 2.38 bits per heavy atom. The van der Waals surface area contributed by atoms with Gasteiger partial charge in [-0.25, -0.2) is 10.5 Å². The molecule has 1 rings (SSSR count). The highest BCUT2D eigenvalue weighted by atomic mass is 16.6. The summed E-state index contributed by atoms with van der Waals surface area (Å²) in [4.78, 5) is 19.7.